The van der Waals surface area contributed by atoms with E-state index in [1.54, 1.807) is 0 Å². The predicted molar refractivity (Wildman–Crippen MR) is 62.4 cm³/mol. The zero-order valence-corrected chi connectivity index (χ0v) is 10.3. The van der Waals surface area contributed by atoms with E-state index in [0.29, 0.717) is 12.5 Å². The summed E-state index contributed by atoms with van der Waals surface area (Å²) in [6, 6.07) is 0. The minimum atomic E-state index is -0.0973. The van der Waals surface area contributed by atoms with Crippen LogP contribution >= 0.6 is 0 Å². The van der Waals surface area contributed by atoms with Crippen molar-refractivity contribution in [2.24, 2.45) is 5.92 Å². The van der Waals surface area contributed by atoms with Crippen LogP contribution in [0.3, 0.4) is 0 Å². The van der Waals surface area contributed by atoms with Gasteiger partial charge < -0.3 is 10.2 Å². The topological polar surface area (TPSA) is 40.5 Å². The van der Waals surface area contributed by atoms with Crippen LogP contribution < -0.4 is 0 Å². The molecule has 0 saturated heterocycles. The first-order chi connectivity index (χ1) is 6.62. The van der Waals surface area contributed by atoms with Crippen molar-refractivity contribution in [3.8, 4) is 0 Å². The molecular weight excluding hydrogens is 176 g/mol. The van der Waals surface area contributed by atoms with Gasteiger partial charge in [0, 0.05) is 6.61 Å². The summed E-state index contributed by atoms with van der Waals surface area (Å²) in [4.78, 5) is 0. The van der Waals surface area contributed by atoms with Crippen LogP contribution in [0.15, 0.2) is 0 Å². The monoisotopic (exact) mass is 204 g/mol. The van der Waals surface area contributed by atoms with Crippen LogP contribution in [0.4, 0.5) is 0 Å². The molecule has 0 radical (unpaired) electrons. The third-order valence-electron chi connectivity index (χ3n) is 2.39. The van der Waals surface area contributed by atoms with Crippen molar-refractivity contribution in [3.63, 3.8) is 0 Å². The zero-order valence-electron chi connectivity index (χ0n) is 10.3. The van der Waals surface area contributed by atoms with Crippen LogP contribution in [0.2, 0.25) is 0 Å². The van der Waals surface area contributed by atoms with Crippen molar-refractivity contribution in [2.45, 2.75) is 65.9 Å². The van der Waals surface area contributed by atoms with Gasteiger partial charge in [-0.25, -0.2) is 0 Å². The summed E-state index contributed by atoms with van der Waals surface area (Å²) in [5.74, 6) is 0.542. The van der Waals surface area contributed by atoms with Crippen molar-refractivity contribution in [2.75, 3.05) is 6.61 Å². The fraction of sp³-hybridized carbons (Fsp3) is 1.00. The highest BCUT2D eigenvalue weighted by Crippen LogP contribution is 2.03. The highest BCUT2D eigenvalue weighted by atomic mass is 16.3. The van der Waals surface area contributed by atoms with Crippen molar-refractivity contribution in [1.29, 1.82) is 0 Å². The first-order valence-electron chi connectivity index (χ1n) is 5.91. The Balaban J connectivity index is 0. The van der Waals surface area contributed by atoms with Gasteiger partial charge in [0.15, 0.2) is 0 Å². The molecule has 1 unspecified atom stereocenters. The summed E-state index contributed by atoms with van der Waals surface area (Å²) in [5.41, 5.74) is 0. The molecule has 0 fully saturated rings. The number of hydrogen-bond acceptors (Lipinski definition) is 2. The standard InChI is InChI=1S/2C6H14O/c1-3-4-5-6(2)7;1-3-6(4-2)5-7/h2*6-7H,3-5H2,1-2H3. The minimum Gasteiger partial charge on any atom is -0.396 e. The maximum Gasteiger partial charge on any atom is 0.0512 e. The molecule has 0 bridgehead atoms. The Morgan fingerprint density at radius 2 is 1.57 bits per heavy atom. The predicted octanol–water partition coefficient (Wildman–Crippen LogP) is 2.97. The summed E-state index contributed by atoms with van der Waals surface area (Å²) in [7, 11) is 0. The number of unbranched alkanes of at least 4 members (excludes halogenated alkanes) is 1. The van der Waals surface area contributed by atoms with Gasteiger partial charge in [-0.3, -0.25) is 0 Å². The molecule has 0 aromatic rings. The average molecular weight is 204 g/mol. The van der Waals surface area contributed by atoms with E-state index >= 15 is 0 Å². The lowest BCUT2D eigenvalue weighted by Gasteiger charge is -2.04. The van der Waals surface area contributed by atoms with E-state index in [-0.39, 0.29) is 6.10 Å². The molecule has 0 aliphatic heterocycles. The molecule has 0 rings (SSSR count). The SMILES string of the molecule is CCC(CC)CO.CCCCC(C)O. The highest BCUT2D eigenvalue weighted by molar-refractivity contribution is 4.48. The maximum atomic E-state index is 8.68. The van der Waals surface area contributed by atoms with E-state index in [4.69, 9.17) is 10.2 Å². The fourth-order valence-electron chi connectivity index (χ4n) is 1.05. The van der Waals surface area contributed by atoms with Crippen LogP contribution in [-0.2, 0) is 0 Å². The molecule has 0 aromatic heterocycles. The molecule has 0 aliphatic rings. The molecule has 1 atom stereocenters. The van der Waals surface area contributed by atoms with Gasteiger partial charge in [0.05, 0.1) is 6.10 Å². The average Bonchev–Trinajstić information content (AvgIpc) is 2.18. The number of rotatable bonds is 6. The third kappa shape index (κ3) is 14.4. The summed E-state index contributed by atoms with van der Waals surface area (Å²) >= 11 is 0. The first kappa shape index (κ1) is 16.4. The molecule has 88 valence electrons. The fourth-order valence-corrected chi connectivity index (χ4v) is 1.05. The van der Waals surface area contributed by atoms with E-state index in [1.165, 1.54) is 6.42 Å². The van der Waals surface area contributed by atoms with Gasteiger partial charge in [-0.1, -0.05) is 46.5 Å². The molecule has 14 heavy (non-hydrogen) atoms. The Kier molecular flexibility index (Phi) is 15.1. The maximum absolute atomic E-state index is 8.68. The molecule has 0 aromatic carbocycles. The second kappa shape index (κ2) is 12.9. The van der Waals surface area contributed by atoms with Crippen LogP contribution in [0, 0.1) is 5.92 Å². The van der Waals surface area contributed by atoms with Crippen molar-refractivity contribution < 1.29 is 10.2 Å². The minimum absolute atomic E-state index is 0.0973. The van der Waals surface area contributed by atoms with E-state index < -0.39 is 0 Å². The summed E-state index contributed by atoms with van der Waals surface area (Å²) in [5, 5.41) is 17.2. The van der Waals surface area contributed by atoms with Crippen molar-refractivity contribution in [1.82, 2.24) is 0 Å². The molecule has 2 nitrogen and oxygen atoms in total. The second-order valence-corrected chi connectivity index (χ2v) is 3.86. The Morgan fingerprint density at radius 1 is 1.07 bits per heavy atom. The van der Waals surface area contributed by atoms with Crippen LogP contribution in [-0.4, -0.2) is 22.9 Å². The number of aliphatic hydroxyl groups excluding tert-OH is 2. The number of hydrogen-bond donors (Lipinski definition) is 2. The van der Waals surface area contributed by atoms with Gasteiger partial charge >= 0.3 is 0 Å². The summed E-state index contributed by atoms with van der Waals surface area (Å²) in [6.07, 6.45) is 5.40. The van der Waals surface area contributed by atoms with Gasteiger partial charge in [0.1, 0.15) is 0 Å². The first-order valence-corrected chi connectivity index (χ1v) is 5.91. The number of aliphatic hydroxyl groups is 2. The third-order valence-corrected chi connectivity index (χ3v) is 2.39. The van der Waals surface area contributed by atoms with Gasteiger partial charge in [0.2, 0.25) is 0 Å². The van der Waals surface area contributed by atoms with Gasteiger partial charge in [-0.2, -0.15) is 0 Å². The Morgan fingerprint density at radius 3 is 1.64 bits per heavy atom. The van der Waals surface area contributed by atoms with Gasteiger partial charge in [-0.15, -0.1) is 0 Å². The van der Waals surface area contributed by atoms with Crippen LogP contribution in [0.25, 0.3) is 0 Å². The summed E-state index contributed by atoms with van der Waals surface area (Å²) in [6.45, 7) is 8.51. The quantitative estimate of drug-likeness (QED) is 0.698. The van der Waals surface area contributed by atoms with Gasteiger partial charge in [-0.05, 0) is 19.3 Å². The van der Waals surface area contributed by atoms with Gasteiger partial charge in [0.25, 0.3) is 0 Å². The Labute approximate surface area is 89.3 Å². The molecule has 0 spiro atoms. The second-order valence-electron chi connectivity index (χ2n) is 3.86. The molecule has 2 N–H and O–H groups in total. The van der Waals surface area contributed by atoms with E-state index in [0.717, 1.165) is 25.7 Å². The lowest BCUT2D eigenvalue weighted by atomic mass is 10.1. The summed E-state index contributed by atoms with van der Waals surface area (Å²) < 4.78 is 0. The molecular formula is C12H28O2. The smallest absolute Gasteiger partial charge is 0.0512 e. The van der Waals surface area contributed by atoms with E-state index in [2.05, 4.69) is 20.8 Å². The van der Waals surface area contributed by atoms with E-state index in [1.807, 2.05) is 6.92 Å². The zero-order chi connectivity index (χ0) is 11.4. The van der Waals surface area contributed by atoms with Crippen LogP contribution in [0.1, 0.15) is 59.8 Å². The lowest BCUT2D eigenvalue weighted by Crippen LogP contribution is -2.01. The van der Waals surface area contributed by atoms with E-state index in [9.17, 15) is 0 Å². The lowest BCUT2D eigenvalue weighted by molar-refractivity contribution is 0.181. The largest absolute Gasteiger partial charge is 0.396 e. The highest BCUT2D eigenvalue weighted by Gasteiger charge is 1.97. The molecule has 0 aliphatic carbocycles. The molecule has 2 heteroatoms. The molecule has 0 saturated carbocycles. The van der Waals surface area contributed by atoms with Crippen LogP contribution in [0.5, 0.6) is 0 Å². The van der Waals surface area contributed by atoms with Crippen molar-refractivity contribution in [3.05, 3.63) is 0 Å². The normalized spacial score (nSPS) is 12.2. The molecule has 0 heterocycles. The Hall–Kier alpha value is -0.0800. The molecule has 0 amide bonds. The Bertz CT molecular complexity index is 82.8. The van der Waals surface area contributed by atoms with Crippen molar-refractivity contribution >= 4 is 0 Å².